The number of nitrogens with two attached hydrogens (primary N) is 1. The minimum atomic E-state index is -0.473. The summed E-state index contributed by atoms with van der Waals surface area (Å²) in [5, 5.41) is 3.41. The molecule has 0 unspecified atom stereocenters. The Kier molecular flexibility index (Phi) is 3.28. The highest BCUT2D eigenvalue weighted by atomic mass is 35.5. The van der Waals surface area contributed by atoms with Crippen molar-refractivity contribution in [1.82, 2.24) is 5.32 Å². The van der Waals surface area contributed by atoms with Gasteiger partial charge in [-0.2, -0.15) is 0 Å². The lowest BCUT2D eigenvalue weighted by atomic mass is 10.1. The third kappa shape index (κ3) is 2.44. The van der Waals surface area contributed by atoms with Crippen LogP contribution in [0.2, 0.25) is 5.02 Å². The number of rotatable bonds is 3. The Balaban J connectivity index is 2.98. The van der Waals surface area contributed by atoms with Gasteiger partial charge in [0.25, 0.3) is 0 Å². The fourth-order valence-electron chi connectivity index (χ4n) is 1.16. The van der Waals surface area contributed by atoms with Crippen LogP contribution in [0.25, 0.3) is 0 Å². The van der Waals surface area contributed by atoms with Crippen LogP contribution >= 0.6 is 11.6 Å². The van der Waals surface area contributed by atoms with Crippen LogP contribution in [-0.2, 0) is 4.79 Å². The van der Waals surface area contributed by atoms with Crippen molar-refractivity contribution in [2.24, 2.45) is 5.73 Å². The third-order valence-electron chi connectivity index (χ3n) is 1.76. The van der Waals surface area contributed by atoms with E-state index in [1.807, 2.05) is 0 Å². The Morgan fingerprint density at radius 1 is 1.62 bits per heavy atom. The zero-order chi connectivity index (χ0) is 9.84. The molecule has 0 bridgehead atoms. The fraction of sp³-hybridized carbons (Fsp3) is 0.222. The van der Waals surface area contributed by atoms with E-state index < -0.39 is 11.9 Å². The summed E-state index contributed by atoms with van der Waals surface area (Å²) >= 11 is 5.77. The van der Waals surface area contributed by atoms with Crippen molar-refractivity contribution in [2.75, 3.05) is 7.05 Å². The largest absolute Gasteiger partial charge is 0.368 e. The summed E-state index contributed by atoms with van der Waals surface area (Å²) < 4.78 is 0. The van der Waals surface area contributed by atoms with Gasteiger partial charge in [-0.3, -0.25) is 4.79 Å². The first-order valence-corrected chi connectivity index (χ1v) is 4.25. The molecule has 0 heterocycles. The van der Waals surface area contributed by atoms with Crippen molar-refractivity contribution >= 4 is 17.5 Å². The van der Waals surface area contributed by atoms with Crippen LogP contribution in [0, 0.1) is 0 Å². The molecule has 1 atom stereocenters. The zero-order valence-corrected chi connectivity index (χ0v) is 8.01. The second-order valence-electron chi connectivity index (χ2n) is 2.68. The molecular weight excluding hydrogens is 188 g/mol. The first-order chi connectivity index (χ1) is 6.15. The maximum atomic E-state index is 11.0. The molecule has 0 aromatic heterocycles. The average molecular weight is 199 g/mol. The Hall–Kier alpha value is -1.06. The molecule has 1 aromatic carbocycles. The Morgan fingerprint density at radius 3 is 2.77 bits per heavy atom. The molecule has 1 amide bonds. The summed E-state index contributed by atoms with van der Waals surface area (Å²) in [4.78, 5) is 11.0. The predicted octanol–water partition coefficient (Wildman–Crippen LogP) is 1.09. The van der Waals surface area contributed by atoms with Crippen LogP contribution in [0.5, 0.6) is 0 Å². The maximum absolute atomic E-state index is 11.0. The third-order valence-corrected chi connectivity index (χ3v) is 1.99. The molecular formula is C9H11ClN2O. The van der Waals surface area contributed by atoms with Crippen LogP contribution in [0.4, 0.5) is 0 Å². The first kappa shape index (κ1) is 10.0. The number of nitrogens with one attached hydrogen (secondary N) is 1. The van der Waals surface area contributed by atoms with Crippen molar-refractivity contribution in [3.05, 3.63) is 34.9 Å². The first-order valence-electron chi connectivity index (χ1n) is 3.87. The van der Waals surface area contributed by atoms with E-state index in [1.165, 1.54) is 0 Å². The second kappa shape index (κ2) is 4.25. The lowest BCUT2D eigenvalue weighted by Crippen LogP contribution is -2.31. The topological polar surface area (TPSA) is 55.1 Å². The molecule has 0 aliphatic rings. The molecule has 0 spiro atoms. The Bertz CT molecular complexity index is 314. The summed E-state index contributed by atoms with van der Waals surface area (Å²) in [5.74, 6) is -0.412. The van der Waals surface area contributed by atoms with E-state index in [2.05, 4.69) is 5.32 Å². The van der Waals surface area contributed by atoms with Gasteiger partial charge < -0.3 is 11.1 Å². The molecule has 0 aliphatic carbocycles. The van der Waals surface area contributed by atoms with E-state index in [0.717, 1.165) is 5.56 Å². The minimum Gasteiger partial charge on any atom is -0.368 e. The summed E-state index contributed by atoms with van der Waals surface area (Å²) in [6, 6.07) is 6.58. The van der Waals surface area contributed by atoms with Gasteiger partial charge in [0.05, 0.1) is 0 Å². The number of amides is 1. The van der Waals surface area contributed by atoms with Gasteiger partial charge in [-0.1, -0.05) is 23.7 Å². The number of carbonyl (C=O) groups is 1. The molecule has 70 valence electrons. The van der Waals surface area contributed by atoms with Gasteiger partial charge in [0.15, 0.2) is 0 Å². The van der Waals surface area contributed by atoms with Gasteiger partial charge in [0.1, 0.15) is 6.04 Å². The van der Waals surface area contributed by atoms with Gasteiger partial charge >= 0.3 is 0 Å². The molecule has 0 saturated heterocycles. The number of likely N-dealkylation sites (N-methyl/N-ethyl adjacent to an activating group) is 1. The molecule has 13 heavy (non-hydrogen) atoms. The second-order valence-corrected chi connectivity index (χ2v) is 3.12. The predicted molar refractivity (Wildman–Crippen MR) is 52.4 cm³/mol. The van der Waals surface area contributed by atoms with Gasteiger partial charge in [-0.15, -0.1) is 0 Å². The highest BCUT2D eigenvalue weighted by Gasteiger charge is 2.14. The van der Waals surface area contributed by atoms with Crippen LogP contribution in [0.1, 0.15) is 11.6 Å². The van der Waals surface area contributed by atoms with Crippen molar-refractivity contribution in [1.29, 1.82) is 0 Å². The number of benzene rings is 1. The average Bonchev–Trinajstić information content (AvgIpc) is 2.04. The fourth-order valence-corrected chi connectivity index (χ4v) is 1.36. The number of hydrogen-bond acceptors (Lipinski definition) is 2. The number of primary amides is 1. The van der Waals surface area contributed by atoms with Crippen molar-refractivity contribution < 1.29 is 4.79 Å². The highest BCUT2D eigenvalue weighted by molar-refractivity contribution is 6.30. The van der Waals surface area contributed by atoms with E-state index >= 15 is 0 Å². The van der Waals surface area contributed by atoms with Crippen molar-refractivity contribution in [2.45, 2.75) is 6.04 Å². The van der Waals surface area contributed by atoms with Crippen LogP contribution < -0.4 is 11.1 Å². The SMILES string of the molecule is CN[C@H](C(N)=O)c1cccc(Cl)c1. The molecule has 1 rings (SSSR count). The summed E-state index contributed by atoms with van der Waals surface area (Å²) in [6.07, 6.45) is 0. The van der Waals surface area contributed by atoms with E-state index in [0.29, 0.717) is 5.02 Å². The lowest BCUT2D eigenvalue weighted by molar-refractivity contribution is -0.120. The molecule has 4 heteroatoms. The normalized spacial score (nSPS) is 12.5. The molecule has 0 radical (unpaired) electrons. The molecule has 1 aromatic rings. The summed E-state index contributed by atoms with van der Waals surface area (Å²) in [7, 11) is 1.68. The van der Waals surface area contributed by atoms with Crippen LogP contribution in [0.15, 0.2) is 24.3 Å². The minimum absolute atomic E-state index is 0.412. The van der Waals surface area contributed by atoms with Crippen LogP contribution in [-0.4, -0.2) is 13.0 Å². The Labute approximate surface area is 81.9 Å². The van der Waals surface area contributed by atoms with E-state index in [9.17, 15) is 4.79 Å². The summed E-state index contributed by atoms with van der Waals surface area (Å²) in [5.41, 5.74) is 5.96. The van der Waals surface area contributed by atoms with Gasteiger partial charge in [0, 0.05) is 5.02 Å². The van der Waals surface area contributed by atoms with Crippen molar-refractivity contribution in [3.63, 3.8) is 0 Å². The number of hydrogen-bond donors (Lipinski definition) is 2. The molecule has 0 saturated carbocycles. The lowest BCUT2D eigenvalue weighted by Gasteiger charge is -2.12. The smallest absolute Gasteiger partial charge is 0.239 e. The van der Waals surface area contributed by atoms with Gasteiger partial charge in [0.2, 0.25) is 5.91 Å². The van der Waals surface area contributed by atoms with E-state index in [1.54, 1.807) is 31.3 Å². The van der Waals surface area contributed by atoms with E-state index in [4.69, 9.17) is 17.3 Å². The highest BCUT2D eigenvalue weighted by Crippen LogP contribution is 2.16. The molecule has 0 fully saturated rings. The van der Waals surface area contributed by atoms with E-state index in [-0.39, 0.29) is 0 Å². The van der Waals surface area contributed by atoms with Gasteiger partial charge in [-0.05, 0) is 24.7 Å². The Morgan fingerprint density at radius 2 is 2.31 bits per heavy atom. The molecule has 3 nitrogen and oxygen atoms in total. The van der Waals surface area contributed by atoms with Crippen LogP contribution in [0.3, 0.4) is 0 Å². The molecule has 0 aliphatic heterocycles. The van der Waals surface area contributed by atoms with Gasteiger partial charge in [-0.25, -0.2) is 0 Å². The summed E-state index contributed by atoms with van der Waals surface area (Å²) in [6.45, 7) is 0. The standard InChI is InChI=1S/C9H11ClN2O/c1-12-8(9(11)13)6-3-2-4-7(10)5-6/h2-5,8,12H,1H3,(H2,11,13)/t8-/m0/s1. The molecule has 3 N–H and O–H groups in total. The maximum Gasteiger partial charge on any atom is 0.239 e. The number of halogens is 1. The number of carbonyl (C=O) groups excluding carboxylic acids is 1. The monoisotopic (exact) mass is 198 g/mol. The quantitative estimate of drug-likeness (QED) is 0.764. The van der Waals surface area contributed by atoms with Crippen molar-refractivity contribution in [3.8, 4) is 0 Å². The zero-order valence-electron chi connectivity index (χ0n) is 7.25.